The number of fused-ring (bicyclic) bond motifs is 2. The summed E-state index contributed by atoms with van der Waals surface area (Å²) in [5, 5.41) is 14.2. The molecular formula is C26H34N4O3. The Balaban J connectivity index is 1.23. The van der Waals surface area contributed by atoms with Crippen molar-refractivity contribution in [1.29, 1.82) is 0 Å². The monoisotopic (exact) mass is 450 g/mol. The molecule has 0 saturated carbocycles. The van der Waals surface area contributed by atoms with Crippen LogP contribution in [0.15, 0.2) is 42.5 Å². The number of nitrogens with zero attached hydrogens (tertiary/aromatic N) is 3. The molecular weight excluding hydrogens is 416 g/mol. The number of β-amino-alcohol motifs (C(OH)–C–C–N with tert-alkyl or cyclic N) is 1. The van der Waals surface area contributed by atoms with Crippen molar-refractivity contribution in [3.8, 4) is 5.75 Å². The zero-order chi connectivity index (χ0) is 22.8. The van der Waals surface area contributed by atoms with Gasteiger partial charge in [0.15, 0.2) is 0 Å². The van der Waals surface area contributed by atoms with Crippen LogP contribution < -0.4 is 15.0 Å². The highest BCUT2D eigenvalue weighted by Crippen LogP contribution is 2.30. The summed E-state index contributed by atoms with van der Waals surface area (Å²) in [6.07, 6.45) is 1.61. The minimum Gasteiger partial charge on any atom is -0.489 e. The maximum Gasteiger partial charge on any atom is 0.256 e. The van der Waals surface area contributed by atoms with Gasteiger partial charge in [0.05, 0.1) is 17.4 Å². The van der Waals surface area contributed by atoms with Crippen LogP contribution in [0.2, 0.25) is 0 Å². The fraction of sp³-hybridized carbons (Fsp3) is 0.500. The predicted molar refractivity (Wildman–Crippen MR) is 129 cm³/mol. The van der Waals surface area contributed by atoms with Crippen molar-refractivity contribution in [3.63, 3.8) is 0 Å². The van der Waals surface area contributed by atoms with Crippen LogP contribution >= 0.6 is 0 Å². The van der Waals surface area contributed by atoms with Crippen molar-refractivity contribution in [3.05, 3.63) is 59.2 Å². The quantitative estimate of drug-likeness (QED) is 0.699. The zero-order valence-corrected chi connectivity index (χ0v) is 19.4. The maximum absolute atomic E-state index is 13.4. The molecule has 0 aliphatic carbocycles. The van der Waals surface area contributed by atoms with E-state index in [0.717, 1.165) is 57.0 Å². The second-order valence-corrected chi connectivity index (χ2v) is 9.49. The third kappa shape index (κ3) is 5.00. The minimum absolute atomic E-state index is 0.0218. The van der Waals surface area contributed by atoms with E-state index < -0.39 is 6.10 Å². The van der Waals surface area contributed by atoms with Crippen molar-refractivity contribution >= 4 is 11.6 Å². The van der Waals surface area contributed by atoms with Gasteiger partial charge in [-0.1, -0.05) is 24.3 Å². The van der Waals surface area contributed by atoms with Gasteiger partial charge >= 0.3 is 0 Å². The van der Waals surface area contributed by atoms with Crippen molar-refractivity contribution in [2.24, 2.45) is 0 Å². The van der Waals surface area contributed by atoms with E-state index in [4.69, 9.17) is 4.74 Å². The number of carbonyl (C=O) groups excluding carboxylic acids is 1. The van der Waals surface area contributed by atoms with E-state index in [2.05, 4.69) is 39.4 Å². The van der Waals surface area contributed by atoms with Gasteiger partial charge in [-0.15, -0.1) is 0 Å². The third-order valence-electron chi connectivity index (χ3n) is 7.03. The van der Waals surface area contributed by atoms with E-state index >= 15 is 0 Å². The number of likely N-dealkylation sites (N-methyl/N-ethyl adjacent to an activating group) is 1. The van der Waals surface area contributed by atoms with E-state index in [1.165, 1.54) is 11.1 Å². The summed E-state index contributed by atoms with van der Waals surface area (Å²) in [5.74, 6) is 0.785. The average Bonchev–Trinajstić information content (AvgIpc) is 3.30. The molecule has 3 aliphatic heterocycles. The number of amides is 1. The molecule has 2 atom stereocenters. The number of rotatable bonds is 6. The van der Waals surface area contributed by atoms with E-state index in [1.54, 1.807) is 4.90 Å². The molecule has 3 aliphatic rings. The van der Waals surface area contributed by atoms with Gasteiger partial charge in [0.25, 0.3) is 5.91 Å². The third-order valence-corrected chi connectivity index (χ3v) is 7.03. The molecule has 0 bridgehead atoms. The van der Waals surface area contributed by atoms with E-state index in [9.17, 15) is 9.90 Å². The van der Waals surface area contributed by atoms with Gasteiger partial charge in [0, 0.05) is 58.9 Å². The Hall–Kier alpha value is -2.61. The van der Waals surface area contributed by atoms with Crippen molar-refractivity contribution in [2.75, 3.05) is 57.8 Å². The van der Waals surface area contributed by atoms with Gasteiger partial charge in [-0.3, -0.25) is 9.69 Å². The highest BCUT2D eigenvalue weighted by molar-refractivity contribution is 6.00. The van der Waals surface area contributed by atoms with Crippen LogP contribution in [-0.2, 0) is 13.0 Å². The Bertz CT molecular complexity index is 991. The van der Waals surface area contributed by atoms with Crippen LogP contribution in [0.1, 0.15) is 27.9 Å². The predicted octanol–water partition coefficient (Wildman–Crippen LogP) is 1.74. The van der Waals surface area contributed by atoms with Crippen LogP contribution in [0.3, 0.4) is 0 Å². The van der Waals surface area contributed by atoms with Crippen LogP contribution in [0.4, 0.5) is 5.69 Å². The summed E-state index contributed by atoms with van der Waals surface area (Å²) in [6.45, 7) is 5.86. The fourth-order valence-electron chi connectivity index (χ4n) is 5.16. The normalized spacial score (nSPS) is 22.0. The highest BCUT2D eigenvalue weighted by atomic mass is 16.5. The van der Waals surface area contributed by atoms with E-state index in [1.807, 2.05) is 25.2 Å². The molecule has 2 N–H and O–H groups in total. The molecule has 0 radical (unpaired) electrons. The first kappa shape index (κ1) is 22.2. The number of anilines is 1. The Kier molecular flexibility index (Phi) is 6.53. The molecule has 176 valence electrons. The van der Waals surface area contributed by atoms with Gasteiger partial charge < -0.3 is 25.0 Å². The van der Waals surface area contributed by atoms with Crippen LogP contribution in [-0.4, -0.2) is 85.9 Å². The molecule has 2 aromatic rings. The SMILES string of the molecule is CN1CCN(CC(O)CN2CCc3ccccc3C2)C(=O)c2ccc(OC3CCNC3)cc21. The van der Waals surface area contributed by atoms with Gasteiger partial charge in [0.1, 0.15) is 11.9 Å². The summed E-state index contributed by atoms with van der Waals surface area (Å²) >= 11 is 0. The molecule has 1 amide bonds. The van der Waals surface area contributed by atoms with Crippen molar-refractivity contribution in [1.82, 2.24) is 15.1 Å². The number of hydrogen-bond donors (Lipinski definition) is 2. The highest BCUT2D eigenvalue weighted by Gasteiger charge is 2.28. The average molecular weight is 451 g/mol. The number of nitrogens with one attached hydrogen (secondary N) is 1. The smallest absolute Gasteiger partial charge is 0.256 e. The molecule has 3 heterocycles. The molecule has 7 heteroatoms. The summed E-state index contributed by atoms with van der Waals surface area (Å²) < 4.78 is 6.11. The molecule has 0 aromatic heterocycles. The number of benzene rings is 2. The molecule has 1 fully saturated rings. The fourth-order valence-corrected chi connectivity index (χ4v) is 5.16. The first-order valence-corrected chi connectivity index (χ1v) is 12.1. The van der Waals surface area contributed by atoms with Crippen LogP contribution in [0, 0.1) is 0 Å². The topological polar surface area (TPSA) is 68.3 Å². The molecule has 5 rings (SSSR count). The van der Waals surface area contributed by atoms with Crippen molar-refractivity contribution in [2.45, 2.75) is 31.6 Å². The maximum atomic E-state index is 13.4. The van der Waals surface area contributed by atoms with Gasteiger partial charge in [-0.05, 0) is 42.6 Å². The largest absolute Gasteiger partial charge is 0.489 e. The molecule has 1 saturated heterocycles. The first-order chi connectivity index (χ1) is 16.1. The number of aliphatic hydroxyl groups is 1. The number of hydrogen-bond acceptors (Lipinski definition) is 6. The lowest BCUT2D eigenvalue weighted by Crippen LogP contribution is -2.44. The lowest BCUT2D eigenvalue weighted by molar-refractivity contribution is 0.0521. The Morgan fingerprint density at radius 3 is 2.79 bits per heavy atom. The minimum atomic E-state index is -0.580. The number of ether oxygens (including phenoxy) is 1. The molecule has 0 spiro atoms. The van der Waals surface area contributed by atoms with Crippen LogP contribution in [0.25, 0.3) is 0 Å². The van der Waals surface area contributed by atoms with Gasteiger partial charge in [0.2, 0.25) is 0 Å². The summed E-state index contributed by atoms with van der Waals surface area (Å²) in [6, 6.07) is 14.3. The standard InChI is InChI=1S/C26H34N4O3/c1-28-12-13-30(18-21(31)17-29-11-9-19-4-2-3-5-20(19)16-29)26(32)24-7-6-22(14-25(24)28)33-23-8-10-27-15-23/h2-7,14,21,23,27,31H,8-13,15-18H2,1H3. The van der Waals surface area contributed by atoms with Crippen molar-refractivity contribution < 1.29 is 14.6 Å². The second kappa shape index (κ2) is 9.71. The summed E-state index contributed by atoms with van der Waals surface area (Å²) in [5.41, 5.74) is 4.31. The molecule has 2 unspecified atom stereocenters. The Labute approximate surface area is 195 Å². The lowest BCUT2D eigenvalue weighted by atomic mass is 10.00. The molecule has 7 nitrogen and oxygen atoms in total. The zero-order valence-electron chi connectivity index (χ0n) is 19.4. The van der Waals surface area contributed by atoms with Gasteiger partial charge in [-0.2, -0.15) is 0 Å². The summed E-state index contributed by atoms with van der Waals surface area (Å²) in [4.78, 5) is 19.6. The molecule has 33 heavy (non-hydrogen) atoms. The number of aliphatic hydroxyl groups excluding tert-OH is 1. The van der Waals surface area contributed by atoms with E-state index in [0.29, 0.717) is 25.2 Å². The first-order valence-electron chi connectivity index (χ1n) is 12.1. The number of carbonyl (C=O) groups is 1. The van der Waals surface area contributed by atoms with Crippen LogP contribution in [0.5, 0.6) is 5.75 Å². The Morgan fingerprint density at radius 1 is 1.12 bits per heavy atom. The summed E-state index contributed by atoms with van der Waals surface area (Å²) in [7, 11) is 2.01. The second-order valence-electron chi connectivity index (χ2n) is 9.49. The molecule has 2 aromatic carbocycles. The Morgan fingerprint density at radius 2 is 1.97 bits per heavy atom. The van der Waals surface area contributed by atoms with E-state index in [-0.39, 0.29) is 12.0 Å². The van der Waals surface area contributed by atoms with Gasteiger partial charge in [-0.25, -0.2) is 0 Å². The lowest BCUT2D eigenvalue weighted by Gasteiger charge is -2.32.